The van der Waals surface area contributed by atoms with Gasteiger partial charge in [-0.1, -0.05) is 6.92 Å². The highest BCUT2D eigenvalue weighted by molar-refractivity contribution is 5.78. The van der Waals surface area contributed by atoms with Crippen LogP contribution in [0, 0.1) is 5.82 Å². The molecule has 0 aliphatic heterocycles. The second-order valence-corrected chi connectivity index (χ2v) is 4.15. The molecule has 0 saturated heterocycles. The maximum atomic E-state index is 13.2. The number of nitrogens with two attached hydrogens (primary N) is 1. The molecule has 17 heavy (non-hydrogen) atoms. The van der Waals surface area contributed by atoms with E-state index in [1.54, 1.807) is 6.07 Å². The molecule has 1 aromatic heterocycles. The van der Waals surface area contributed by atoms with Crippen LogP contribution in [0.25, 0.3) is 11.0 Å². The molecule has 0 spiro atoms. The van der Waals surface area contributed by atoms with E-state index in [9.17, 15) is 4.39 Å². The number of nitrogens with zero attached hydrogens (tertiary/aromatic N) is 3. The van der Waals surface area contributed by atoms with Crippen LogP contribution >= 0.6 is 0 Å². The van der Waals surface area contributed by atoms with Crippen molar-refractivity contribution in [1.29, 1.82) is 0 Å². The molecular weight excluding hydrogens is 219 g/mol. The lowest BCUT2D eigenvalue weighted by Gasteiger charge is -2.14. The Morgan fingerprint density at radius 1 is 1.47 bits per heavy atom. The summed E-state index contributed by atoms with van der Waals surface area (Å²) >= 11 is 0. The number of rotatable bonds is 4. The molecule has 0 fully saturated rings. The van der Waals surface area contributed by atoms with Crippen LogP contribution in [0.3, 0.4) is 0 Å². The van der Waals surface area contributed by atoms with Crippen LogP contribution in [0.2, 0.25) is 0 Å². The van der Waals surface area contributed by atoms with E-state index in [0.717, 1.165) is 30.7 Å². The third-order valence-electron chi connectivity index (χ3n) is 2.98. The van der Waals surface area contributed by atoms with E-state index in [1.807, 2.05) is 11.6 Å². The summed E-state index contributed by atoms with van der Waals surface area (Å²) < 4.78 is 15.1. The first-order chi connectivity index (χ1) is 8.11. The van der Waals surface area contributed by atoms with Gasteiger partial charge in [0.05, 0.1) is 11.0 Å². The molecule has 0 aliphatic rings. The zero-order valence-corrected chi connectivity index (χ0v) is 10.2. The maximum absolute atomic E-state index is 13.2. The number of hydrogen-bond donors (Lipinski definition) is 1. The summed E-state index contributed by atoms with van der Waals surface area (Å²) in [5.41, 5.74) is 7.34. The van der Waals surface area contributed by atoms with E-state index in [2.05, 4.69) is 16.8 Å². The number of likely N-dealkylation sites (N-methyl/N-ethyl adjacent to an activating group) is 1. The van der Waals surface area contributed by atoms with Crippen LogP contribution in [0.5, 0.6) is 0 Å². The van der Waals surface area contributed by atoms with E-state index in [0.29, 0.717) is 5.95 Å². The number of halogens is 1. The lowest BCUT2D eigenvalue weighted by molar-refractivity contribution is 0.338. The fourth-order valence-corrected chi connectivity index (χ4v) is 1.78. The summed E-state index contributed by atoms with van der Waals surface area (Å²) in [5.74, 6) is 0.178. The van der Waals surface area contributed by atoms with Crippen molar-refractivity contribution < 1.29 is 4.39 Å². The molecule has 0 aliphatic carbocycles. The number of nitrogen functional groups attached to an aromatic ring is 1. The molecule has 0 amide bonds. The largest absolute Gasteiger partial charge is 0.369 e. The van der Waals surface area contributed by atoms with Crippen LogP contribution in [0.4, 0.5) is 10.3 Å². The van der Waals surface area contributed by atoms with Crippen LogP contribution in [-0.2, 0) is 6.54 Å². The second kappa shape index (κ2) is 4.71. The van der Waals surface area contributed by atoms with E-state index in [4.69, 9.17) is 5.73 Å². The first-order valence-corrected chi connectivity index (χ1v) is 5.71. The molecule has 0 atom stereocenters. The monoisotopic (exact) mass is 236 g/mol. The van der Waals surface area contributed by atoms with E-state index < -0.39 is 0 Å². The molecule has 2 aromatic rings. The van der Waals surface area contributed by atoms with Gasteiger partial charge in [0.25, 0.3) is 0 Å². The molecule has 2 N–H and O–H groups in total. The number of benzene rings is 1. The molecular formula is C12H17FN4. The highest BCUT2D eigenvalue weighted by atomic mass is 19.1. The maximum Gasteiger partial charge on any atom is 0.201 e. The first kappa shape index (κ1) is 11.9. The first-order valence-electron chi connectivity index (χ1n) is 5.71. The second-order valence-electron chi connectivity index (χ2n) is 4.15. The lowest BCUT2D eigenvalue weighted by Crippen LogP contribution is -2.23. The van der Waals surface area contributed by atoms with Crippen molar-refractivity contribution in [2.24, 2.45) is 0 Å². The third-order valence-corrected chi connectivity index (χ3v) is 2.98. The van der Waals surface area contributed by atoms with Gasteiger partial charge in [-0.2, -0.15) is 0 Å². The van der Waals surface area contributed by atoms with Crippen molar-refractivity contribution in [1.82, 2.24) is 14.5 Å². The van der Waals surface area contributed by atoms with Crippen molar-refractivity contribution in [2.75, 3.05) is 25.9 Å². The topological polar surface area (TPSA) is 47.1 Å². The van der Waals surface area contributed by atoms with Crippen LogP contribution in [0.15, 0.2) is 18.2 Å². The zero-order valence-electron chi connectivity index (χ0n) is 10.2. The van der Waals surface area contributed by atoms with Crippen LogP contribution < -0.4 is 5.73 Å². The van der Waals surface area contributed by atoms with Crippen molar-refractivity contribution in [3.8, 4) is 0 Å². The Kier molecular flexibility index (Phi) is 3.28. The zero-order chi connectivity index (χ0) is 12.4. The van der Waals surface area contributed by atoms with Gasteiger partial charge >= 0.3 is 0 Å². The normalized spacial score (nSPS) is 11.5. The molecule has 0 saturated carbocycles. The van der Waals surface area contributed by atoms with Crippen molar-refractivity contribution in [2.45, 2.75) is 13.5 Å². The number of hydrogen-bond acceptors (Lipinski definition) is 3. The quantitative estimate of drug-likeness (QED) is 0.879. The molecule has 5 heteroatoms. The van der Waals surface area contributed by atoms with Crippen LogP contribution in [-0.4, -0.2) is 34.6 Å². The van der Waals surface area contributed by atoms with E-state index in [1.165, 1.54) is 12.1 Å². The smallest absolute Gasteiger partial charge is 0.201 e. The average Bonchev–Trinajstić information content (AvgIpc) is 2.61. The number of anilines is 1. The Morgan fingerprint density at radius 2 is 2.24 bits per heavy atom. The van der Waals surface area contributed by atoms with Gasteiger partial charge in [0.15, 0.2) is 0 Å². The van der Waals surface area contributed by atoms with Crippen LogP contribution in [0.1, 0.15) is 6.92 Å². The fraction of sp³-hybridized carbons (Fsp3) is 0.417. The Hall–Kier alpha value is -1.62. The molecule has 0 bridgehead atoms. The van der Waals surface area contributed by atoms with Crippen molar-refractivity contribution in [3.05, 3.63) is 24.0 Å². The minimum Gasteiger partial charge on any atom is -0.369 e. The summed E-state index contributed by atoms with van der Waals surface area (Å²) in [4.78, 5) is 6.38. The van der Waals surface area contributed by atoms with Crippen molar-refractivity contribution in [3.63, 3.8) is 0 Å². The summed E-state index contributed by atoms with van der Waals surface area (Å²) in [6.45, 7) is 4.65. The summed E-state index contributed by atoms with van der Waals surface area (Å²) in [6, 6.07) is 4.53. The Labute approximate surface area is 99.8 Å². The van der Waals surface area contributed by atoms with E-state index in [-0.39, 0.29) is 5.82 Å². The molecule has 0 unspecified atom stereocenters. The summed E-state index contributed by atoms with van der Waals surface area (Å²) in [7, 11) is 2.04. The predicted molar refractivity (Wildman–Crippen MR) is 67.3 cm³/mol. The highest BCUT2D eigenvalue weighted by Crippen LogP contribution is 2.18. The minimum absolute atomic E-state index is 0.262. The number of aromatic nitrogens is 2. The van der Waals surface area contributed by atoms with Gasteiger partial charge in [-0.05, 0) is 31.8 Å². The molecule has 1 aromatic carbocycles. The van der Waals surface area contributed by atoms with Gasteiger partial charge < -0.3 is 15.2 Å². The predicted octanol–water partition coefficient (Wildman–Crippen LogP) is 1.71. The van der Waals surface area contributed by atoms with Gasteiger partial charge in [-0.25, -0.2) is 9.37 Å². The van der Waals surface area contributed by atoms with Gasteiger partial charge in [-0.15, -0.1) is 0 Å². The van der Waals surface area contributed by atoms with Gasteiger partial charge in [0, 0.05) is 13.1 Å². The van der Waals surface area contributed by atoms with Gasteiger partial charge in [0.1, 0.15) is 5.82 Å². The average molecular weight is 236 g/mol. The van der Waals surface area contributed by atoms with Gasteiger partial charge in [-0.3, -0.25) is 0 Å². The highest BCUT2D eigenvalue weighted by Gasteiger charge is 2.09. The molecule has 1 heterocycles. The lowest BCUT2D eigenvalue weighted by atomic mass is 10.3. The Bertz CT molecular complexity index is 520. The Morgan fingerprint density at radius 3 is 2.94 bits per heavy atom. The summed E-state index contributed by atoms with van der Waals surface area (Å²) in [6.07, 6.45) is 0. The molecule has 4 nitrogen and oxygen atoms in total. The van der Waals surface area contributed by atoms with Gasteiger partial charge in [0.2, 0.25) is 5.95 Å². The minimum atomic E-state index is -0.262. The molecule has 2 rings (SSSR count). The third kappa shape index (κ3) is 2.39. The number of imidazole rings is 1. The van der Waals surface area contributed by atoms with E-state index >= 15 is 0 Å². The SMILES string of the molecule is CCN(C)CCn1c(N)nc2ccc(F)cc21. The molecule has 0 radical (unpaired) electrons. The molecule has 92 valence electrons. The standard InChI is InChI=1S/C12H17FN4/c1-3-16(2)6-7-17-11-8-9(13)4-5-10(11)15-12(17)14/h4-5,8H,3,6-7H2,1-2H3,(H2,14,15). The van der Waals surface area contributed by atoms with Crippen molar-refractivity contribution >= 4 is 17.0 Å². The Balaban J connectivity index is 2.32. The fourth-order valence-electron chi connectivity index (χ4n) is 1.78. The number of fused-ring (bicyclic) bond motifs is 1. The summed E-state index contributed by atoms with van der Waals surface area (Å²) in [5, 5.41) is 0.